The molecule has 184 valence electrons. The van der Waals surface area contributed by atoms with Crippen molar-refractivity contribution in [2.24, 2.45) is 7.05 Å². The molecular weight excluding hydrogens is 467 g/mol. The SMILES string of the molecule is C1CCOCC1.Cc1nc2c(-c3ccc(Cl)cc3F)cccc2c(=O)n1C.c1cnn(C2CC2)c1. The van der Waals surface area contributed by atoms with Crippen LogP contribution in [-0.2, 0) is 11.8 Å². The Kier molecular flexibility index (Phi) is 8.31. The highest BCUT2D eigenvalue weighted by Gasteiger charge is 2.23. The van der Waals surface area contributed by atoms with Crippen LogP contribution in [0.5, 0.6) is 0 Å². The van der Waals surface area contributed by atoms with Gasteiger partial charge in [0.05, 0.1) is 16.9 Å². The van der Waals surface area contributed by atoms with Gasteiger partial charge >= 0.3 is 0 Å². The van der Waals surface area contributed by atoms with Crippen molar-refractivity contribution < 1.29 is 9.13 Å². The van der Waals surface area contributed by atoms with E-state index in [1.54, 1.807) is 44.3 Å². The van der Waals surface area contributed by atoms with Gasteiger partial charge in [0.25, 0.3) is 5.56 Å². The van der Waals surface area contributed by atoms with Crippen LogP contribution >= 0.6 is 11.6 Å². The van der Waals surface area contributed by atoms with E-state index in [4.69, 9.17) is 16.3 Å². The molecule has 8 heteroatoms. The van der Waals surface area contributed by atoms with Crippen LogP contribution in [0.4, 0.5) is 4.39 Å². The minimum atomic E-state index is -0.435. The smallest absolute Gasteiger partial charge is 0.261 e. The number of nitrogens with zero attached hydrogens (tertiary/aromatic N) is 4. The number of halogens is 2. The summed E-state index contributed by atoms with van der Waals surface area (Å²) >= 11 is 5.78. The van der Waals surface area contributed by atoms with E-state index in [-0.39, 0.29) is 5.56 Å². The van der Waals surface area contributed by atoms with Crippen LogP contribution in [0.3, 0.4) is 0 Å². The molecule has 6 rings (SSSR count). The number of hydrogen-bond acceptors (Lipinski definition) is 4. The standard InChI is InChI=1S/C16H12ClFN2O.C6H8N2.C5H10O/c1-9-19-15-12(11-7-6-10(17)8-14(11)18)4-3-5-13(15)16(21)20(9)2;1-4-7-8(5-1)6-2-3-6;1-2-4-6-5-3-1/h3-8H,1-2H3;1,4-6H,2-3H2;1-5H2. The number of para-hydroxylation sites is 1. The molecule has 0 spiro atoms. The molecule has 0 bridgehead atoms. The molecule has 0 radical (unpaired) electrons. The third kappa shape index (κ3) is 6.35. The number of aryl methyl sites for hydroxylation is 1. The molecule has 6 nitrogen and oxygen atoms in total. The molecule has 0 N–H and O–H groups in total. The fraction of sp³-hybridized carbons (Fsp3) is 0.370. The lowest BCUT2D eigenvalue weighted by Gasteiger charge is -2.10. The van der Waals surface area contributed by atoms with Gasteiger partial charge in [0, 0.05) is 48.8 Å². The van der Waals surface area contributed by atoms with E-state index in [2.05, 4.69) is 10.1 Å². The van der Waals surface area contributed by atoms with Gasteiger partial charge in [-0.1, -0.05) is 23.7 Å². The fourth-order valence-electron chi connectivity index (χ4n) is 3.85. The van der Waals surface area contributed by atoms with Crippen LogP contribution in [0, 0.1) is 12.7 Å². The summed E-state index contributed by atoms with van der Waals surface area (Å²) in [4.78, 5) is 16.7. The zero-order valence-corrected chi connectivity index (χ0v) is 20.8. The summed E-state index contributed by atoms with van der Waals surface area (Å²) in [6, 6.07) is 12.4. The molecule has 3 heterocycles. The molecule has 0 unspecified atom stereocenters. The average molecular weight is 497 g/mol. The van der Waals surface area contributed by atoms with Crippen molar-refractivity contribution in [2.75, 3.05) is 13.2 Å². The Labute approximate surface area is 209 Å². The molecule has 2 fully saturated rings. The highest BCUT2D eigenvalue weighted by molar-refractivity contribution is 6.30. The minimum absolute atomic E-state index is 0.145. The summed E-state index contributed by atoms with van der Waals surface area (Å²) in [6.07, 6.45) is 10.4. The topological polar surface area (TPSA) is 61.9 Å². The van der Waals surface area contributed by atoms with Crippen LogP contribution in [0.25, 0.3) is 22.0 Å². The fourth-order valence-corrected chi connectivity index (χ4v) is 4.01. The zero-order chi connectivity index (χ0) is 24.8. The van der Waals surface area contributed by atoms with E-state index in [9.17, 15) is 9.18 Å². The molecule has 1 aliphatic heterocycles. The first-order valence-electron chi connectivity index (χ1n) is 11.9. The Morgan fingerprint density at radius 2 is 1.83 bits per heavy atom. The molecule has 2 aromatic carbocycles. The first-order chi connectivity index (χ1) is 17.0. The lowest BCUT2D eigenvalue weighted by molar-refractivity contribution is 0.0968. The van der Waals surface area contributed by atoms with Gasteiger partial charge in [0.15, 0.2) is 0 Å². The highest BCUT2D eigenvalue weighted by Crippen LogP contribution is 2.33. The summed E-state index contributed by atoms with van der Waals surface area (Å²) in [5.74, 6) is 0.143. The summed E-state index contributed by atoms with van der Waals surface area (Å²) < 4.78 is 22.7. The van der Waals surface area contributed by atoms with Crippen molar-refractivity contribution in [3.63, 3.8) is 0 Å². The number of benzene rings is 2. The number of aromatic nitrogens is 4. The van der Waals surface area contributed by atoms with Crippen LogP contribution < -0.4 is 5.56 Å². The van der Waals surface area contributed by atoms with Crippen molar-refractivity contribution >= 4 is 22.5 Å². The van der Waals surface area contributed by atoms with Gasteiger partial charge in [-0.2, -0.15) is 5.10 Å². The Hall–Kier alpha value is -3.03. The summed E-state index contributed by atoms with van der Waals surface area (Å²) in [6.45, 7) is 3.75. The first-order valence-corrected chi connectivity index (χ1v) is 12.3. The lowest BCUT2D eigenvalue weighted by Crippen LogP contribution is -2.20. The molecule has 0 amide bonds. The number of fused-ring (bicyclic) bond motifs is 1. The second kappa shape index (κ2) is 11.6. The van der Waals surface area contributed by atoms with Crippen LogP contribution in [0.1, 0.15) is 44.0 Å². The van der Waals surface area contributed by atoms with Gasteiger partial charge in [-0.25, -0.2) is 9.37 Å². The second-order valence-electron chi connectivity index (χ2n) is 8.74. The maximum absolute atomic E-state index is 14.1. The number of ether oxygens (including phenoxy) is 1. The van der Waals surface area contributed by atoms with Gasteiger partial charge in [-0.15, -0.1) is 0 Å². The van der Waals surface area contributed by atoms with Gasteiger partial charge in [0.2, 0.25) is 0 Å². The van der Waals surface area contributed by atoms with E-state index in [1.165, 1.54) is 42.7 Å². The quantitative estimate of drug-likeness (QED) is 0.336. The molecule has 2 aromatic heterocycles. The van der Waals surface area contributed by atoms with E-state index >= 15 is 0 Å². The molecule has 2 aliphatic rings. The van der Waals surface area contributed by atoms with Gasteiger partial charge < -0.3 is 4.74 Å². The summed E-state index contributed by atoms with van der Waals surface area (Å²) in [7, 11) is 1.67. The molecule has 4 aromatic rings. The largest absolute Gasteiger partial charge is 0.381 e. The predicted octanol–water partition coefficient (Wildman–Crippen LogP) is 6.11. The Bertz CT molecular complexity index is 1320. The summed E-state index contributed by atoms with van der Waals surface area (Å²) in [5.41, 5.74) is 1.32. The predicted molar refractivity (Wildman–Crippen MR) is 137 cm³/mol. The van der Waals surface area contributed by atoms with Crippen molar-refractivity contribution in [1.29, 1.82) is 0 Å². The Morgan fingerprint density at radius 1 is 1.06 bits per heavy atom. The van der Waals surface area contributed by atoms with Gasteiger partial charge in [0.1, 0.15) is 11.6 Å². The molecule has 1 aliphatic carbocycles. The van der Waals surface area contributed by atoms with Crippen LogP contribution in [0.15, 0.2) is 59.7 Å². The molecule has 1 saturated heterocycles. The van der Waals surface area contributed by atoms with Crippen molar-refractivity contribution in [3.05, 3.63) is 81.9 Å². The monoisotopic (exact) mass is 496 g/mol. The van der Waals surface area contributed by atoms with E-state index in [0.29, 0.717) is 32.9 Å². The Balaban J connectivity index is 0.000000166. The van der Waals surface area contributed by atoms with Crippen LogP contribution in [0.2, 0.25) is 5.02 Å². The molecule has 0 atom stereocenters. The lowest BCUT2D eigenvalue weighted by atomic mass is 10.0. The third-order valence-electron chi connectivity index (χ3n) is 6.07. The highest BCUT2D eigenvalue weighted by atomic mass is 35.5. The van der Waals surface area contributed by atoms with Gasteiger partial charge in [-0.05, 0) is 69.4 Å². The normalized spacial score (nSPS) is 15.1. The minimum Gasteiger partial charge on any atom is -0.381 e. The van der Waals surface area contributed by atoms with Crippen molar-refractivity contribution in [1.82, 2.24) is 19.3 Å². The number of hydrogen-bond donors (Lipinski definition) is 0. The van der Waals surface area contributed by atoms with Crippen LogP contribution in [-0.4, -0.2) is 32.5 Å². The molecule has 35 heavy (non-hydrogen) atoms. The van der Waals surface area contributed by atoms with Gasteiger partial charge in [-0.3, -0.25) is 14.0 Å². The third-order valence-corrected chi connectivity index (χ3v) is 6.31. The van der Waals surface area contributed by atoms with E-state index in [0.717, 1.165) is 19.3 Å². The molecular formula is C27H30ClFN4O2. The second-order valence-corrected chi connectivity index (χ2v) is 9.18. The molecule has 1 saturated carbocycles. The Morgan fingerprint density at radius 3 is 2.40 bits per heavy atom. The average Bonchev–Trinajstić information content (AvgIpc) is 3.58. The first kappa shape index (κ1) is 25.1. The number of rotatable bonds is 2. The van der Waals surface area contributed by atoms with Crippen molar-refractivity contribution in [3.8, 4) is 11.1 Å². The maximum atomic E-state index is 14.1. The maximum Gasteiger partial charge on any atom is 0.261 e. The van der Waals surface area contributed by atoms with E-state index < -0.39 is 5.82 Å². The van der Waals surface area contributed by atoms with Crippen molar-refractivity contribution in [2.45, 2.75) is 45.1 Å². The zero-order valence-electron chi connectivity index (χ0n) is 20.1. The van der Waals surface area contributed by atoms with E-state index in [1.807, 2.05) is 23.1 Å². The summed E-state index contributed by atoms with van der Waals surface area (Å²) in [5, 5.41) is 4.89.